The van der Waals surface area contributed by atoms with Crippen molar-refractivity contribution in [1.82, 2.24) is 5.32 Å². The number of carbonyl (C=O) groups is 1. The summed E-state index contributed by atoms with van der Waals surface area (Å²) < 4.78 is 0. The van der Waals surface area contributed by atoms with E-state index >= 15 is 0 Å². The molecule has 0 spiro atoms. The van der Waals surface area contributed by atoms with Crippen LogP contribution in [0.15, 0.2) is 60.7 Å². The minimum atomic E-state index is -0.369. The van der Waals surface area contributed by atoms with E-state index in [9.17, 15) is 4.79 Å². The highest BCUT2D eigenvalue weighted by Crippen LogP contribution is 2.31. The predicted molar refractivity (Wildman–Crippen MR) is 114 cm³/mol. The summed E-state index contributed by atoms with van der Waals surface area (Å²) in [6.07, 6.45) is 2.05. The average molecular weight is 370 g/mol. The predicted octanol–water partition coefficient (Wildman–Crippen LogP) is 4.33. The molecule has 3 heteroatoms. The maximum atomic E-state index is 12.1. The molecule has 1 aliphatic rings. The fourth-order valence-electron chi connectivity index (χ4n) is 4.33. The van der Waals surface area contributed by atoms with Crippen molar-refractivity contribution < 1.29 is 4.79 Å². The van der Waals surface area contributed by atoms with E-state index in [2.05, 4.69) is 61.6 Å². The standard InChI is InChI=1S/C25H26N2O/c1-16-7-3-6-10-21(16)22-11-12-23(25(26)28)24(17(22)2)15-27-20-13-18-8-4-5-9-19(18)14-20/h3-12,20,27H,13-15H2,1-2H3,(H2,26,28). The Hall–Kier alpha value is -2.91. The molecule has 0 unspecified atom stereocenters. The van der Waals surface area contributed by atoms with Crippen LogP contribution in [0.1, 0.15) is 38.2 Å². The van der Waals surface area contributed by atoms with Crippen molar-refractivity contribution in [1.29, 1.82) is 0 Å². The summed E-state index contributed by atoms with van der Waals surface area (Å²) in [6, 6.07) is 21.2. The van der Waals surface area contributed by atoms with Gasteiger partial charge in [0.2, 0.25) is 5.91 Å². The van der Waals surface area contributed by atoms with Gasteiger partial charge in [-0.25, -0.2) is 0 Å². The smallest absolute Gasteiger partial charge is 0.249 e. The monoisotopic (exact) mass is 370 g/mol. The largest absolute Gasteiger partial charge is 0.366 e. The molecule has 142 valence electrons. The molecule has 3 nitrogen and oxygen atoms in total. The zero-order chi connectivity index (χ0) is 19.7. The lowest BCUT2D eigenvalue weighted by atomic mass is 9.90. The molecule has 3 aromatic rings. The van der Waals surface area contributed by atoms with Crippen molar-refractivity contribution in [2.45, 2.75) is 39.3 Å². The van der Waals surface area contributed by atoms with Gasteiger partial charge in [-0.1, -0.05) is 54.6 Å². The van der Waals surface area contributed by atoms with Crippen LogP contribution in [-0.4, -0.2) is 11.9 Å². The van der Waals surface area contributed by atoms with E-state index in [0.717, 1.165) is 29.5 Å². The first-order valence-corrected chi connectivity index (χ1v) is 9.83. The SMILES string of the molecule is Cc1ccccc1-c1ccc(C(N)=O)c(CNC2Cc3ccccc3C2)c1C. The Morgan fingerprint density at radius 2 is 1.57 bits per heavy atom. The zero-order valence-electron chi connectivity index (χ0n) is 16.5. The molecular formula is C25H26N2O. The van der Waals surface area contributed by atoms with Crippen LogP contribution in [0.5, 0.6) is 0 Å². The third kappa shape index (κ3) is 3.46. The highest BCUT2D eigenvalue weighted by molar-refractivity contribution is 5.95. The molecule has 0 fully saturated rings. The minimum absolute atomic E-state index is 0.369. The second-order valence-corrected chi connectivity index (χ2v) is 7.70. The molecule has 0 aliphatic heterocycles. The molecule has 0 aromatic heterocycles. The van der Waals surface area contributed by atoms with Crippen LogP contribution >= 0.6 is 0 Å². The second kappa shape index (κ2) is 7.61. The lowest BCUT2D eigenvalue weighted by molar-refractivity contribution is 0.0999. The van der Waals surface area contributed by atoms with Crippen molar-refractivity contribution in [3.63, 3.8) is 0 Å². The topological polar surface area (TPSA) is 55.1 Å². The molecule has 3 N–H and O–H groups in total. The fourth-order valence-corrected chi connectivity index (χ4v) is 4.33. The molecule has 1 amide bonds. The summed E-state index contributed by atoms with van der Waals surface area (Å²) in [5.41, 5.74) is 14.8. The van der Waals surface area contributed by atoms with Crippen molar-refractivity contribution in [2.75, 3.05) is 0 Å². The number of nitrogens with one attached hydrogen (secondary N) is 1. The van der Waals surface area contributed by atoms with E-state index < -0.39 is 0 Å². The lowest BCUT2D eigenvalue weighted by Crippen LogP contribution is -2.30. The summed E-state index contributed by atoms with van der Waals surface area (Å²) in [6.45, 7) is 4.85. The molecule has 0 heterocycles. The number of carbonyl (C=O) groups excluding carboxylic acids is 1. The van der Waals surface area contributed by atoms with Gasteiger partial charge in [-0.15, -0.1) is 0 Å². The van der Waals surface area contributed by atoms with Crippen LogP contribution in [-0.2, 0) is 19.4 Å². The van der Waals surface area contributed by atoms with Crippen LogP contribution in [0.25, 0.3) is 11.1 Å². The van der Waals surface area contributed by atoms with Gasteiger partial charge in [0.1, 0.15) is 0 Å². The quantitative estimate of drug-likeness (QED) is 0.702. The highest BCUT2D eigenvalue weighted by Gasteiger charge is 2.22. The van der Waals surface area contributed by atoms with Crippen LogP contribution in [0.4, 0.5) is 0 Å². The molecule has 0 saturated carbocycles. The highest BCUT2D eigenvalue weighted by atomic mass is 16.1. The number of amides is 1. The van der Waals surface area contributed by atoms with E-state index in [-0.39, 0.29) is 5.91 Å². The number of aryl methyl sites for hydroxylation is 1. The summed E-state index contributed by atoms with van der Waals surface area (Å²) in [5.74, 6) is -0.369. The first-order valence-electron chi connectivity index (χ1n) is 9.83. The van der Waals surface area contributed by atoms with Gasteiger partial charge in [-0.2, -0.15) is 0 Å². The number of primary amides is 1. The second-order valence-electron chi connectivity index (χ2n) is 7.70. The Morgan fingerprint density at radius 1 is 0.929 bits per heavy atom. The van der Waals surface area contributed by atoms with E-state index in [1.165, 1.54) is 22.3 Å². The molecule has 0 radical (unpaired) electrons. The van der Waals surface area contributed by atoms with Gasteiger partial charge in [-0.3, -0.25) is 4.79 Å². The molecule has 4 rings (SSSR count). The Labute approximate surface area is 166 Å². The van der Waals surface area contributed by atoms with E-state index in [1.54, 1.807) is 0 Å². The van der Waals surface area contributed by atoms with Crippen LogP contribution in [0.2, 0.25) is 0 Å². The Kier molecular flexibility index (Phi) is 5.01. The molecule has 1 aliphatic carbocycles. The van der Waals surface area contributed by atoms with Gasteiger partial charge >= 0.3 is 0 Å². The zero-order valence-corrected chi connectivity index (χ0v) is 16.5. The van der Waals surface area contributed by atoms with Crippen molar-refractivity contribution in [2.24, 2.45) is 5.73 Å². The summed E-state index contributed by atoms with van der Waals surface area (Å²) in [7, 11) is 0. The van der Waals surface area contributed by atoms with Gasteiger partial charge in [0.05, 0.1) is 0 Å². The molecular weight excluding hydrogens is 344 g/mol. The molecule has 0 saturated heterocycles. The lowest BCUT2D eigenvalue weighted by Gasteiger charge is -2.19. The van der Waals surface area contributed by atoms with Gasteiger partial charge in [-0.05, 0) is 71.7 Å². The molecule has 0 atom stereocenters. The van der Waals surface area contributed by atoms with Gasteiger partial charge < -0.3 is 11.1 Å². The number of rotatable bonds is 5. The normalized spacial score (nSPS) is 13.5. The van der Waals surface area contributed by atoms with Crippen LogP contribution in [0, 0.1) is 13.8 Å². The average Bonchev–Trinajstić information content (AvgIpc) is 3.10. The fraction of sp³-hybridized carbons (Fsp3) is 0.240. The first kappa shape index (κ1) is 18.5. The molecule has 3 aromatic carbocycles. The van der Waals surface area contributed by atoms with E-state index in [4.69, 9.17) is 5.73 Å². The number of hydrogen-bond donors (Lipinski definition) is 2. The van der Waals surface area contributed by atoms with E-state index in [0.29, 0.717) is 18.2 Å². The molecule has 28 heavy (non-hydrogen) atoms. The number of hydrogen-bond acceptors (Lipinski definition) is 2. The Morgan fingerprint density at radius 3 is 2.21 bits per heavy atom. The summed E-state index contributed by atoms with van der Waals surface area (Å²) >= 11 is 0. The maximum Gasteiger partial charge on any atom is 0.249 e. The van der Waals surface area contributed by atoms with Crippen molar-refractivity contribution in [3.05, 3.63) is 94.0 Å². The number of benzene rings is 3. The Balaban J connectivity index is 1.63. The summed E-state index contributed by atoms with van der Waals surface area (Å²) in [4.78, 5) is 12.1. The number of nitrogens with two attached hydrogens (primary N) is 1. The summed E-state index contributed by atoms with van der Waals surface area (Å²) in [5, 5.41) is 3.67. The van der Waals surface area contributed by atoms with Gasteiger partial charge in [0.15, 0.2) is 0 Å². The van der Waals surface area contributed by atoms with Crippen LogP contribution < -0.4 is 11.1 Å². The van der Waals surface area contributed by atoms with Crippen molar-refractivity contribution in [3.8, 4) is 11.1 Å². The number of fused-ring (bicyclic) bond motifs is 1. The first-order chi connectivity index (χ1) is 13.5. The van der Waals surface area contributed by atoms with Crippen molar-refractivity contribution >= 4 is 5.91 Å². The third-order valence-corrected chi connectivity index (χ3v) is 5.92. The van der Waals surface area contributed by atoms with Gasteiger partial charge in [0, 0.05) is 18.2 Å². The minimum Gasteiger partial charge on any atom is -0.366 e. The van der Waals surface area contributed by atoms with Gasteiger partial charge in [0.25, 0.3) is 0 Å². The van der Waals surface area contributed by atoms with E-state index in [1.807, 2.05) is 18.2 Å². The maximum absolute atomic E-state index is 12.1. The third-order valence-electron chi connectivity index (χ3n) is 5.92. The molecule has 0 bridgehead atoms. The Bertz CT molecular complexity index is 1010. The van der Waals surface area contributed by atoms with Crippen LogP contribution in [0.3, 0.4) is 0 Å².